The summed E-state index contributed by atoms with van der Waals surface area (Å²) in [5, 5.41) is 14.2. The smallest absolute Gasteiger partial charge is 0.395 e. The average Bonchev–Trinajstić information content (AvgIpc) is 2.87. The summed E-state index contributed by atoms with van der Waals surface area (Å²) < 4.78 is 37.4. The molecular weight excluding hydrogens is 289 g/mol. The fourth-order valence-corrected chi connectivity index (χ4v) is 2.44. The van der Waals surface area contributed by atoms with Gasteiger partial charge in [-0.3, -0.25) is 0 Å². The van der Waals surface area contributed by atoms with E-state index in [-0.39, 0.29) is 6.61 Å². The van der Waals surface area contributed by atoms with E-state index in [1.807, 2.05) is 5.38 Å². The van der Waals surface area contributed by atoms with Crippen LogP contribution in [0.1, 0.15) is 11.3 Å². The molecule has 0 radical (unpaired) electrons. The minimum absolute atomic E-state index is 0.0515. The van der Waals surface area contributed by atoms with Crippen molar-refractivity contribution in [2.45, 2.75) is 12.7 Å². The number of thiazole rings is 1. The second-order valence-electron chi connectivity index (χ2n) is 4.12. The molecule has 0 unspecified atom stereocenters. The van der Waals surface area contributed by atoms with Crippen molar-refractivity contribution < 1.29 is 18.3 Å². The quantitative estimate of drug-likeness (QED) is 0.835. The monoisotopic (exact) mass is 302 g/mol. The second kappa shape index (κ2) is 6.34. The van der Waals surface area contributed by atoms with Crippen LogP contribution in [-0.2, 0) is 12.7 Å². The Kier molecular flexibility index (Phi) is 4.74. The van der Waals surface area contributed by atoms with Crippen molar-refractivity contribution in [1.29, 1.82) is 0 Å². The zero-order chi connectivity index (χ0) is 14.6. The normalized spacial score (nSPS) is 11.8. The van der Waals surface area contributed by atoms with Crippen LogP contribution in [-0.4, -0.2) is 23.2 Å². The molecule has 108 valence electrons. The molecule has 0 aliphatic carbocycles. The van der Waals surface area contributed by atoms with Gasteiger partial charge in [-0.1, -0.05) is 12.1 Å². The van der Waals surface area contributed by atoms with Gasteiger partial charge in [-0.2, -0.15) is 13.2 Å². The van der Waals surface area contributed by atoms with E-state index in [1.54, 1.807) is 0 Å². The van der Waals surface area contributed by atoms with Crippen molar-refractivity contribution in [2.75, 3.05) is 13.2 Å². The van der Waals surface area contributed by atoms with Gasteiger partial charge < -0.3 is 10.4 Å². The van der Waals surface area contributed by atoms with Gasteiger partial charge in [0.15, 0.2) is 0 Å². The van der Waals surface area contributed by atoms with Gasteiger partial charge in [0.25, 0.3) is 0 Å². The van der Waals surface area contributed by atoms with E-state index < -0.39 is 11.7 Å². The maximum Gasteiger partial charge on any atom is 0.416 e. The van der Waals surface area contributed by atoms with Gasteiger partial charge in [-0.25, -0.2) is 4.98 Å². The molecule has 2 N–H and O–H groups in total. The predicted octanol–water partition coefficient (Wildman–Crippen LogP) is 2.91. The molecule has 0 saturated heterocycles. The number of aliphatic hydroxyl groups is 1. The molecule has 7 heteroatoms. The first-order valence-corrected chi connectivity index (χ1v) is 6.82. The van der Waals surface area contributed by atoms with Crippen molar-refractivity contribution in [3.63, 3.8) is 0 Å². The zero-order valence-electron chi connectivity index (χ0n) is 10.4. The van der Waals surface area contributed by atoms with E-state index >= 15 is 0 Å². The van der Waals surface area contributed by atoms with Crippen molar-refractivity contribution in [1.82, 2.24) is 10.3 Å². The Hall–Kier alpha value is -1.44. The average molecular weight is 302 g/mol. The minimum Gasteiger partial charge on any atom is -0.395 e. The summed E-state index contributed by atoms with van der Waals surface area (Å²) in [6.45, 7) is 1.06. The number of alkyl halides is 3. The van der Waals surface area contributed by atoms with Crippen LogP contribution in [0.2, 0.25) is 0 Å². The second-order valence-corrected chi connectivity index (χ2v) is 4.98. The van der Waals surface area contributed by atoms with Crippen LogP contribution in [0.4, 0.5) is 13.2 Å². The molecule has 2 rings (SSSR count). The maximum absolute atomic E-state index is 12.5. The summed E-state index contributed by atoms with van der Waals surface area (Å²) in [6, 6.07) is 4.96. The molecule has 0 amide bonds. The highest BCUT2D eigenvalue weighted by Gasteiger charge is 2.30. The standard InChI is InChI=1S/C13H13F3N2OS/c14-13(15,16)10-3-1-9(2-4-10)12-18-11(8-20-12)7-17-5-6-19/h1-4,8,17,19H,5-7H2. The number of hydrogen-bond donors (Lipinski definition) is 2. The largest absolute Gasteiger partial charge is 0.416 e. The molecule has 0 atom stereocenters. The molecule has 0 saturated carbocycles. The summed E-state index contributed by atoms with van der Waals surface area (Å²) in [5.41, 5.74) is 0.803. The Bertz CT molecular complexity index is 551. The van der Waals surface area contributed by atoms with Crippen molar-refractivity contribution >= 4 is 11.3 Å². The zero-order valence-corrected chi connectivity index (χ0v) is 11.3. The van der Waals surface area contributed by atoms with Gasteiger partial charge >= 0.3 is 6.18 Å². The van der Waals surface area contributed by atoms with Crippen LogP contribution in [0, 0.1) is 0 Å². The number of nitrogens with zero attached hydrogens (tertiary/aromatic N) is 1. The first-order valence-electron chi connectivity index (χ1n) is 5.94. The molecule has 1 aromatic carbocycles. The third-order valence-electron chi connectivity index (χ3n) is 2.61. The van der Waals surface area contributed by atoms with Gasteiger partial charge in [0, 0.05) is 24.0 Å². The molecule has 20 heavy (non-hydrogen) atoms. The van der Waals surface area contributed by atoms with E-state index in [2.05, 4.69) is 10.3 Å². The van der Waals surface area contributed by atoms with Crippen molar-refractivity contribution in [3.05, 3.63) is 40.9 Å². The Morgan fingerprint density at radius 1 is 1.20 bits per heavy atom. The first-order chi connectivity index (χ1) is 9.50. The van der Waals surface area contributed by atoms with Gasteiger partial charge in [0.05, 0.1) is 17.9 Å². The highest BCUT2D eigenvalue weighted by atomic mass is 32.1. The number of aromatic nitrogens is 1. The van der Waals surface area contributed by atoms with Gasteiger partial charge in [-0.15, -0.1) is 11.3 Å². The van der Waals surface area contributed by atoms with Crippen LogP contribution in [0.3, 0.4) is 0 Å². The van der Waals surface area contributed by atoms with Crippen LogP contribution in [0.15, 0.2) is 29.6 Å². The molecule has 0 spiro atoms. The topological polar surface area (TPSA) is 45.1 Å². The van der Waals surface area contributed by atoms with Crippen molar-refractivity contribution in [3.8, 4) is 10.6 Å². The Morgan fingerprint density at radius 2 is 1.90 bits per heavy atom. The lowest BCUT2D eigenvalue weighted by molar-refractivity contribution is -0.137. The fourth-order valence-electron chi connectivity index (χ4n) is 1.62. The van der Waals surface area contributed by atoms with E-state index in [0.717, 1.165) is 17.8 Å². The van der Waals surface area contributed by atoms with Gasteiger partial charge in [-0.05, 0) is 12.1 Å². The number of benzene rings is 1. The number of rotatable bonds is 5. The SMILES string of the molecule is OCCNCc1csc(-c2ccc(C(F)(F)F)cc2)n1. The Morgan fingerprint density at radius 3 is 2.50 bits per heavy atom. The van der Waals surface area contributed by atoms with Gasteiger partial charge in [0.1, 0.15) is 5.01 Å². The van der Waals surface area contributed by atoms with Crippen LogP contribution >= 0.6 is 11.3 Å². The molecule has 3 nitrogen and oxygen atoms in total. The summed E-state index contributed by atoms with van der Waals surface area (Å²) in [6.07, 6.45) is -4.32. The van der Waals surface area contributed by atoms with E-state index in [4.69, 9.17) is 5.11 Å². The van der Waals surface area contributed by atoms with E-state index in [1.165, 1.54) is 23.5 Å². The number of nitrogens with one attached hydrogen (secondary N) is 1. The van der Waals surface area contributed by atoms with Crippen molar-refractivity contribution in [2.24, 2.45) is 0 Å². The molecule has 1 heterocycles. The molecule has 2 aromatic rings. The van der Waals surface area contributed by atoms with Crippen LogP contribution in [0.25, 0.3) is 10.6 Å². The summed E-state index contributed by atoms with van der Waals surface area (Å²) >= 11 is 1.38. The van der Waals surface area contributed by atoms with E-state index in [9.17, 15) is 13.2 Å². The molecular formula is C13H13F3N2OS. The lowest BCUT2D eigenvalue weighted by atomic mass is 10.1. The number of hydrogen-bond acceptors (Lipinski definition) is 4. The minimum atomic E-state index is -4.32. The summed E-state index contributed by atoms with van der Waals surface area (Å²) in [4.78, 5) is 4.34. The third kappa shape index (κ3) is 3.78. The lowest BCUT2D eigenvalue weighted by Crippen LogP contribution is -2.17. The Balaban J connectivity index is 2.08. The number of aliphatic hydroxyl groups excluding tert-OH is 1. The lowest BCUT2D eigenvalue weighted by Gasteiger charge is -2.06. The first kappa shape index (κ1) is 15.0. The molecule has 1 aromatic heterocycles. The predicted molar refractivity (Wildman–Crippen MR) is 71.3 cm³/mol. The summed E-state index contributed by atoms with van der Waals surface area (Å²) in [7, 11) is 0. The number of halogens is 3. The third-order valence-corrected chi connectivity index (χ3v) is 3.55. The highest BCUT2D eigenvalue weighted by molar-refractivity contribution is 7.13. The maximum atomic E-state index is 12.5. The fraction of sp³-hybridized carbons (Fsp3) is 0.308. The summed E-state index contributed by atoms with van der Waals surface area (Å²) in [5.74, 6) is 0. The molecule has 0 aliphatic heterocycles. The van der Waals surface area contributed by atoms with E-state index in [0.29, 0.717) is 23.7 Å². The molecule has 0 bridgehead atoms. The van der Waals surface area contributed by atoms with Crippen LogP contribution in [0.5, 0.6) is 0 Å². The molecule has 0 fully saturated rings. The molecule has 0 aliphatic rings. The Labute approximate surface area is 118 Å². The van der Waals surface area contributed by atoms with Gasteiger partial charge in [0.2, 0.25) is 0 Å². The highest BCUT2D eigenvalue weighted by Crippen LogP contribution is 2.31. The van der Waals surface area contributed by atoms with Crippen LogP contribution < -0.4 is 5.32 Å².